The predicted octanol–water partition coefficient (Wildman–Crippen LogP) is 2.92. The van der Waals surface area contributed by atoms with E-state index in [2.05, 4.69) is 15.3 Å². The minimum atomic E-state index is -4.66. The van der Waals surface area contributed by atoms with E-state index in [1.54, 1.807) is 0 Å². The lowest BCUT2D eigenvalue weighted by Gasteiger charge is -2.06. The number of alkyl halides is 2. The summed E-state index contributed by atoms with van der Waals surface area (Å²) in [6.45, 7) is 0.396. The molecule has 0 saturated carbocycles. The van der Waals surface area contributed by atoms with Gasteiger partial charge in [0.2, 0.25) is 9.84 Å². The van der Waals surface area contributed by atoms with Crippen LogP contribution in [-0.2, 0) is 16.3 Å². The van der Waals surface area contributed by atoms with Crippen LogP contribution in [0.25, 0.3) is 11.0 Å². The summed E-state index contributed by atoms with van der Waals surface area (Å²) >= 11 is 0. The van der Waals surface area contributed by atoms with Crippen molar-refractivity contribution in [3.63, 3.8) is 0 Å². The predicted molar refractivity (Wildman–Crippen MR) is 96.4 cm³/mol. The van der Waals surface area contributed by atoms with Gasteiger partial charge in [-0.1, -0.05) is 12.1 Å². The molecule has 0 fully saturated rings. The van der Waals surface area contributed by atoms with Crippen molar-refractivity contribution in [1.82, 2.24) is 15.3 Å². The van der Waals surface area contributed by atoms with Crippen molar-refractivity contribution in [2.45, 2.75) is 23.5 Å². The Morgan fingerprint density at radius 2 is 1.81 bits per heavy atom. The summed E-state index contributed by atoms with van der Waals surface area (Å²) in [6, 6.07) is 12.1. The number of aromatic amines is 1. The minimum absolute atomic E-state index is 0.201. The van der Waals surface area contributed by atoms with Gasteiger partial charge < -0.3 is 10.3 Å². The molecule has 1 heterocycles. The number of carbonyl (C=O) groups excluding carboxylic acids is 1. The molecule has 0 aliphatic carbocycles. The lowest BCUT2D eigenvalue weighted by molar-refractivity contribution is 0.0953. The number of sulfone groups is 1. The van der Waals surface area contributed by atoms with E-state index in [-0.39, 0.29) is 5.56 Å². The van der Waals surface area contributed by atoms with E-state index in [0.29, 0.717) is 19.4 Å². The Balaban J connectivity index is 1.52. The number of para-hydroxylation sites is 2. The van der Waals surface area contributed by atoms with Gasteiger partial charge in [-0.15, -0.1) is 0 Å². The number of benzene rings is 2. The average molecular weight is 393 g/mol. The summed E-state index contributed by atoms with van der Waals surface area (Å²) < 4.78 is 47.7. The van der Waals surface area contributed by atoms with Crippen molar-refractivity contribution >= 4 is 26.8 Å². The highest BCUT2D eigenvalue weighted by Crippen LogP contribution is 2.18. The first-order valence-corrected chi connectivity index (χ1v) is 9.76. The van der Waals surface area contributed by atoms with Crippen LogP contribution in [0.1, 0.15) is 22.6 Å². The number of hydrogen-bond donors (Lipinski definition) is 2. The second-order valence-electron chi connectivity index (χ2n) is 5.89. The summed E-state index contributed by atoms with van der Waals surface area (Å²) in [7, 11) is -4.66. The molecule has 0 atom stereocenters. The molecule has 1 aromatic heterocycles. The van der Waals surface area contributed by atoms with Gasteiger partial charge in [0.25, 0.3) is 5.91 Å². The molecule has 27 heavy (non-hydrogen) atoms. The van der Waals surface area contributed by atoms with Crippen molar-refractivity contribution in [2.24, 2.45) is 0 Å². The van der Waals surface area contributed by atoms with Gasteiger partial charge in [-0.05, 0) is 42.8 Å². The van der Waals surface area contributed by atoms with E-state index in [4.69, 9.17) is 0 Å². The van der Waals surface area contributed by atoms with E-state index in [1.807, 2.05) is 24.3 Å². The zero-order valence-corrected chi connectivity index (χ0v) is 15.0. The molecule has 0 aliphatic rings. The number of fused-ring (bicyclic) bond motifs is 1. The third kappa shape index (κ3) is 4.30. The van der Waals surface area contributed by atoms with Crippen LogP contribution in [0.5, 0.6) is 0 Å². The fourth-order valence-corrected chi connectivity index (χ4v) is 3.30. The summed E-state index contributed by atoms with van der Waals surface area (Å²) in [4.78, 5) is 19.2. The number of imidazole rings is 1. The van der Waals surface area contributed by atoms with Crippen LogP contribution in [0.3, 0.4) is 0 Å². The summed E-state index contributed by atoms with van der Waals surface area (Å²) in [5.74, 6) is -3.07. The molecule has 2 aromatic carbocycles. The molecule has 6 nitrogen and oxygen atoms in total. The average Bonchev–Trinajstić information content (AvgIpc) is 3.08. The lowest BCUT2D eigenvalue weighted by Crippen LogP contribution is -2.25. The Bertz CT molecular complexity index is 1010. The van der Waals surface area contributed by atoms with E-state index in [1.165, 1.54) is 12.1 Å². The van der Waals surface area contributed by atoms with Crippen molar-refractivity contribution in [3.8, 4) is 0 Å². The van der Waals surface area contributed by atoms with Crippen LogP contribution in [0.15, 0.2) is 53.4 Å². The monoisotopic (exact) mass is 393 g/mol. The fraction of sp³-hybridized carbons (Fsp3) is 0.222. The van der Waals surface area contributed by atoms with Crippen molar-refractivity contribution in [3.05, 3.63) is 59.9 Å². The second-order valence-corrected chi connectivity index (χ2v) is 7.81. The zero-order chi connectivity index (χ0) is 19.4. The quantitative estimate of drug-likeness (QED) is 0.604. The molecular formula is C18H17F2N3O3S. The highest BCUT2D eigenvalue weighted by atomic mass is 32.2. The number of nitrogens with one attached hydrogen (secondary N) is 2. The molecule has 0 radical (unpaired) electrons. The number of aromatic nitrogens is 2. The van der Waals surface area contributed by atoms with Crippen LogP contribution < -0.4 is 5.32 Å². The minimum Gasteiger partial charge on any atom is -0.352 e. The largest absolute Gasteiger partial charge is 0.352 e. The van der Waals surface area contributed by atoms with Gasteiger partial charge in [0, 0.05) is 18.5 Å². The second kappa shape index (κ2) is 7.83. The standard InChI is InChI=1S/C18H17F2N3O3S/c19-18(20)27(25,26)13-9-7-12(8-10-13)17(24)21-11-3-6-16-22-14-4-1-2-5-15(14)23-16/h1-2,4-5,7-10,18H,3,6,11H2,(H,21,24)(H,22,23). The van der Waals surface area contributed by atoms with E-state index in [0.717, 1.165) is 29.0 Å². The summed E-state index contributed by atoms with van der Waals surface area (Å²) in [6.07, 6.45) is 1.31. The van der Waals surface area contributed by atoms with Gasteiger partial charge in [-0.2, -0.15) is 8.78 Å². The van der Waals surface area contributed by atoms with Crippen LogP contribution in [-0.4, -0.2) is 36.6 Å². The van der Waals surface area contributed by atoms with Gasteiger partial charge >= 0.3 is 5.76 Å². The number of aryl methyl sites for hydroxylation is 1. The number of rotatable bonds is 7. The third-order valence-electron chi connectivity index (χ3n) is 3.99. The number of amides is 1. The third-order valence-corrected chi connectivity index (χ3v) is 5.39. The van der Waals surface area contributed by atoms with Crippen molar-refractivity contribution in [1.29, 1.82) is 0 Å². The maximum Gasteiger partial charge on any atom is 0.341 e. The van der Waals surface area contributed by atoms with Crippen LogP contribution in [0, 0.1) is 0 Å². The Kier molecular flexibility index (Phi) is 5.50. The highest BCUT2D eigenvalue weighted by Gasteiger charge is 2.26. The molecule has 1 amide bonds. The smallest absolute Gasteiger partial charge is 0.341 e. The Morgan fingerprint density at radius 3 is 2.48 bits per heavy atom. The molecule has 3 aromatic rings. The van der Waals surface area contributed by atoms with Gasteiger partial charge in [0.1, 0.15) is 5.82 Å². The molecule has 2 N–H and O–H groups in total. The number of carbonyl (C=O) groups is 1. The van der Waals surface area contributed by atoms with Crippen LogP contribution in [0.4, 0.5) is 8.78 Å². The van der Waals surface area contributed by atoms with E-state index < -0.39 is 26.4 Å². The maximum absolute atomic E-state index is 12.5. The van der Waals surface area contributed by atoms with Gasteiger partial charge in [0.05, 0.1) is 15.9 Å². The number of halogens is 2. The molecule has 0 unspecified atom stereocenters. The first-order chi connectivity index (χ1) is 12.9. The molecule has 0 spiro atoms. The molecule has 0 saturated heterocycles. The first-order valence-electron chi connectivity index (χ1n) is 8.22. The SMILES string of the molecule is O=C(NCCCc1nc2ccccc2[nH]1)c1ccc(S(=O)(=O)C(F)F)cc1. The molecule has 3 rings (SSSR count). The van der Waals surface area contributed by atoms with E-state index >= 15 is 0 Å². The number of H-pyrrole nitrogens is 1. The van der Waals surface area contributed by atoms with Gasteiger partial charge in [-0.3, -0.25) is 4.79 Å². The fourth-order valence-electron chi connectivity index (χ4n) is 2.58. The van der Waals surface area contributed by atoms with Crippen LogP contribution >= 0.6 is 0 Å². The molecule has 142 valence electrons. The Hall–Kier alpha value is -2.81. The number of hydrogen-bond acceptors (Lipinski definition) is 4. The topological polar surface area (TPSA) is 91.9 Å². The molecule has 9 heteroatoms. The normalized spacial score (nSPS) is 11.8. The van der Waals surface area contributed by atoms with Crippen LogP contribution in [0.2, 0.25) is 0 Å². The van der Waals surface area contributed by atoms with Gasteiger partial charge in [-0.25, -0.2) is 13.4 Å². The van der Waals surface area contributed by atoms with Crippen molar-refractivity contribution < 1.29 is 22.0 Å². The molecular weight excluding hydrogens is 376 g/mol. The number of nitrogens with zero attached hydrogens (tertiary/aromatic N) is 1. The molecule has 0 aliphatic heterocycles. The zero-order valence-electron chi connectivity index (χ0n) is 14.2. The summed E-state index contributed by atoms with van der Waals surface area (Å²) in [5, 5.41) is 2.71. The van der Waals surface area contributed by atoms with Gasteiger partial charge in [0.15, 0.2) is 0 Å². The first kappa shape index (κ1) is 19.0. The van der Waals surface area contributed by atoms with Crippen molar-refractivity contribution in [2.75, 3.05) is 6.54 Å². The highest BCUT2D eigenvalue weighted by molar-refractivity contribution is 7.91. The molecule has 0 bridgehead atoms. The summed E-state index contributed by atoms with van der Waals surface area (Å²) in [5.41, 5.74) is 2.04. The van der Waals surface area contributed by atoms with E-state index in [9.17, 15) is 22.0 Å². The maximum atomic E-state index is 12.5. The Labute approximate surface area is 154 Å². The lowest BCUT2D eigenvalue weighted by atomic mass is 10.2. The Morgan fingerprint density at radius 1 is 1.11 bits per heavy atom.